The number of carbonyl (C=O) groups excluding carboxylic acids is 2. The summed E-state index contributed by atoms with van der Waals surface area (Å²) in [6.07, 6.45) is 0.931. The van der Waals surface area contributed by atoms with Gasteiger partial charge in [0.05, 0.1) is 6.42 Å². The van der Waals surface area contributed by atoms with Crippen molar-refractivity contribution >= 4 is 12.6 Å². The number of hydrogen-bond acceptors (Lipinski definition) is 4. The molecule has 1 radical (unpaired) electrons. The quantitative estimate of drug-likeness (QED) is 0.287. The number of hydrogen-bond donors (Lipinski definition) is 0. The van der Waals surface area contributed by atoms with Crippen LogP contribution in [0.4, 0.5) is 0 Å². The van der Waals surface area contributed by atoms with Crippen LogP contribution in [0.15, 0.2) is 0 Å². The van der Waals surface area contributed by atoms with Gasteiger partial charge in [0.15, 0.2) is 6.29 Å². The van der Waals surface area contributed by atoms with Crippen LogP contribution in [0.2, 0.25) is 0 Å². The summed E-state index contributed by atoms with van der Waals surface area (Å²) in [7, 11) is 0. The van der Waals surface area contributed by atoms with Crippen LogP contribution >= 0.6 is 0 Å². The smallest absolute Gasteiger partial charge is 0.274 e. The van der Waals surface area contributed by atoms with Gasteiger partial charge in [0.1, 0.15) is 0 Å². The monoisotopic (exact) mass is 130 g/mol. The van der Waals surface area contributed by atoms with Gasteiger partial charge in [-0.1, -0.05) is 0 Å². The highest BCUT2D eigenvalue weighted by Crippen LogP contribution is 1.87. The summed E-state index contributed by atoms with van der Waals surface area (Å²) in [5.74, 6) is 0. The standard InChI is InChI=1S/C4H4NO4/c6-2-1-4(3-7)5(8)9/h3-4H,1H2. The largest absolute Gasteiger partial charge is 0.296 e. The van der Waals surface area contributed by atoms with Crippen molar-refractivity contribution in [3.05, 3.63) is 10.1 Å². The van der Waals surface area contributed by atoms with Gasteiger partial charge in [0.25, 0.3) is 6.04 Å². The minimum Gasteiger partial charge on any atom is -0.296 e. The summed E-state index contributed by atoms with van der Waals surface area (Å²) < 4.78 is 0. The molecule has 0 saturated heterocycles. The van der Waals surface area contributed by atoms with Crippen molar-refractivity contribution in [1.29, 1.82) is 0 Å². The van der Waals surface area contributed by atoms with Crippen molar-refractivity contribution in [3.63, 3.8) is 0 Å². The van der Waals surface area contributed by atoms with Crippen LogP contribution in [-0.2, 0) is 9.59 Å². The molecule has 0 bridgehead atoms. The molecule has 0 fully saturated rings. The van der Waals surface area contributed by atoms with Crippen LogP contribution in [0.25, 0.3) is 0 Å². The average molecular weight is 130 g/mol. The van der Waals surface area contributed by atoms with Gasteiger partial charge in [-0.05, 0) is 0 Å². The van der Waals surface area contributed by atoms with Gasteiger partial charge in [-0.3, -0.25) is 19.7 Å². The Morgan fingerprint density at radius 1 is 1.78 bits per heavy atom. The van der Waals surface area contributed by atoms with E-state index in [-0.39, 0.29) is 6.29 Å². The van der Waals surface area contributed by atoms with Crippen LogP contribution in [0.3, 0.4) is 0 Å². The number of carbonyl (C=O) groups is 1. The van der Waals surface area contributed by atoms with Crippen LogP contribution in [0.1, 0.15) is 6.42 Å². The first-order valence-corrected chi connectivity index (χ1v) is 2.16. The summed E-state index contributed by atoms with van der Waals surface area (Å²) in [6, 6.07) is -1.41. The molecule has 0 aromatic rings. The van der Waals surface area contributed by atoms with Gasteiger partial charge >= 0.3 is 0 Å². The maximum atomic E-state index is 9.72. The van der Waals surface area contributed by atoms with Crippen LogP contribution in [0, 0.1) is 10.1 Å². The fourth-order valence-electron chi connectivity index (χ4n) is 0.258. The maximum absolute atomic E-state index is 9.72. The Bertz CT molecular complexity index is 133. The molecule has 0 rings (SSSR count). The molecule has 0 N–H and O–H groups in total. The first-order valence-electron chi connectivity index (χ1n) is 2.16. The molecule has 0 aliphatic heterocycles. The number of nitro groups is 1. The molecule has 9 heavy (non-hydrogen) atoms. The van der Waals surface area contributed by atoms with Gasteiger partial charge in [0, 0.05) is 4.92 Å². The van der Waals surface area contributed by atoms with Crippen LogP contribution < -0.4 is 0 Å². The predicted molar refractivity (Wildman–Crippen MR) is 27.2 cm³/mol. The second-order valence-corrected chi connectivity index (χ2v) is 1.34. The van der Waals surface area contributed by atoms with Crippen molar-refractivity contribution in [2.24, 2.45) is 0 Å². The zero-order chi connectivity index (χ0) is 7.28. The van der Waals surface area contributed by atoms with Gasteiger partial charge in [-0.2, -0.15) is 0 Å². The predicted octanol–water partition coefficient (Wildman–Crippen LogP) is -0.670. The van der Waals surface area contributed by atoms with Gasteiger partial charge in [-0.25, -0.2) is 0 Å². The zero-order valence-electron chi connectivity index (χ0n) is 4.44. The minimum atomic E-state index is -1.41. The van der Waals surface area contributed by atoms with E-state index in [1.165, 1.54) is 6.29 Å². The molecule has 1 atom stereocenters. The fraction of sp³-hybridized carbons (Fsp3) is 0.500. The SMILES string of the molecule is O=[C]CC(C=O)[N+](=O)[O-]. The van der Waals surface area contributed by atoms with Crippen molar-refractivity contribution in [1.82, 2.24) is 0 Å². The summed E-state index contributed by atoms with van der Waals surface area (Å²) in [4.78, 5) is 28.1. The second kappa shape index (κ2) is 3.71. The molecular formula is C4H4NO4. The third kappa shape index (κ3) is 2.53. The molecule has 0 aliphatic rings. The Hall–Kier alpha value is -1.26. The molecule has 0 aromatic heterocycles. The second-order valence-electron chi connectivity index (χ2n) is 1.34. The van der Waals surface area contributed by atoms with Gasteiger partial charge < -0.3 is 0 Å². The Balaban J connectivity index is 3.81. The lowest BCUT2D eigenvalue weighted by molar-refractivity contribution is -0.503. The Morgan fingerprint density at radius 2 is 2.33 bits per heavy atom. The number of nitrogens with zero attached hydrogens (tertiary/aromatic N) is 1. The molecule has 0 spiro atoms. The highest BCUT2D eigenvalue weighted by Gasteiger charge is 2.17. The molecular weight excluding hydrogens is 126 g/mol. The van der Waals surface area contributed by atoms with Crippen molar-refractivity contribution in [2.75, 3.05) is 0 Å². The van der Waals surface area contributed by atoms with Crippen LogP contribution in [-0.4, -0.2) is 23.5 Å². The molecule has 49 valence electrons. The third-order valence-electron chi connectivity index (χ3n) is 0.720. The van der Waals surface area contributed by atoms with E-state index in [1.54, 1.807) is 0 Å². The van der Waals surface area contributed by atoms with Crippen molar-refractivity contribution < 1.29 is 14.5 Å². The van der Waals surface area contributed by atoms with Gasteiger partial charge in [-0.15, -0.1) is 0 Å². The van der Waals surface area contributed by atoms with E-state index in [9.17, 15) is 19.7 Å². The molecule has 0 heterocycles. The molecule has 0 aromatic carbocycles. The highest BCUT2D eigenvalue weighted by molar-refractivity contribution is 5.63. The molecule has 0 amide bonds. The normalized spacial score (nSPS) is 12.0. The lowest BCUT2D eigenvalue weighted by Gasteiger charge is -1.92. The Labute approximate surface area is 50.8 Å². The van der Waals surface area contributed by atoms with E-state index in [2.05, 4.69) is 0 Å². The lowest BCUT2D eigenvalue weighted by Crippen LogP contribution is -2.20. The van der Waals surface area contributed by atoms with E-state index >= 15 is 0 Å². The fourth-order valence-corrected chi connectivity index (χ4v) is 0.258. The number of rotatable bonds is 4. The first-order chi connectivity index (χ1) is 4.22. The average Bonchev–Trinajstić information content (AvgIpc) is 1.82. The molecule has 5 nitrogen and oxygen atoms in total. The topological polar surface area (TPSA) is 77.3 Å². The highest BCUT2D eigenvalue weighted by atomic mass is 16.6. The zero-order valence-corrected chi connectivity index (χ0v) is 4.44. The molecule has 5 heteroatoms. The molecule has 0 aliphatic carbocycles. The third-order valence-corrected chi connectivity index (χ3v) is 0.720. The number of aldehydes is 1. The van der Waals surface area contributed by atoms with Gasteiger partial charge in [0.2, 0.25) is 6.29 Å². The Kier molecular flexibility index (Phi) is 3.19. The Morgan fingerprint density at radius 3 is 2.44 bits per heavy atom. The minimum absolute atomic E-state index is 0.116. The van der Waals surface area contributed by atoms with E-state index in [1.807, 2.05) is 0 Å². The lowest BCUT2D eigenvalue weighted by atomic mass is 10.3. The summed E-state index contributed by atoms with van der Waals surface area (Å²) in [5, 5.41) is 9.72. The summed E-state index contributed by atoms with van der Waals surface area (Å²) in [5.41, 5.74) is 0. The molecule has 1 unspecified atom stereocenters. The van der Waals surface area contributed by atoms with Crippen LogP contribution in [0.5, 0.6) is 0 Å². The van der Waals surface area contributed by atoms with Crippen molar-refractivity contribution in [2.45, 2.75) is 12.5 Å². The van der Waals surface area contributed by atoms with E-state index in [0.717, 1.165) is 0 Å². The molecule has 0 saturated carbocycles. The van der Waals surface area contributed by atoms with E-state index < -0.39 is 17.4 Å². The summed E-state index contributed by atoms with van der Waals surface area (Å²) in [6.45, 7) is 0. The maximum Gasteiger partial charge on any atom is 0.274 e. The van der Waals surface area contributed by atoms with E-state index in [0.29, 0.717) is 0 Å². The van der Waals surface area contributed by atoms with E-state index in [4.69, 9.17) is 0 Å². The summed E-state index contributed by atoms with van der Waals surface area (Å²) >= 11 is 0. The first kappa shape index (κ1) is 7.74. The van der Waals surface area contributed by atoms with Crippen molar-refractivity contribution in [3.8, 4) is 0 Å².